The van der Waals surface area contributed by atoms with Crippen molar-refractivity contribution in [3.63, 3.8) is 0 Å². The van der Waals surface area contributed by atoms with Crippen molar-refractivity contribution in [2.24, 2.45) is 5.10 Å². The predicted molar refractivity (Wildman–Crippen MR) is 96.0 cm³/mol. The number of hydrogen-bond donors (Lipinski definition) is 1. The van der Waals surface area contributed by atoms with E-state index in [0.717, 1.165) is 10.9 Å². The van der Waals surface area contributed by atoms with Crippen LogP contribution in [0.1, 0.15) is 23.6 Å². The third kappa shape index (κ3) is 2.58. The highest BCUT2D eigenvalue weighted by atomic mass is 35.5. The van der Waals surface area contributed by atoms with Gasteiger partial charge in [-0.3, -0.25) is 0 Å². The highest BCUT2D eigenvalue weighted by molar-refractivity contribution is 6.36. The van der Waals surface area contributed by atoms with Crippen molar-refractivity contribution in [2.45, 2.75) is 12.5 Å². The summed E-state index contributed by atoms with van der Waals surface area (Å²) < 4.78 is 5.38. The third-order valence-electron chi connectivity index (χ3n) is 4.05. The number of para-hydroxylation sites is 1. The van der Waals surface area contributed by atoms with Gasteiger partial charge < -0.3 is 9.84 Å². The van der Waals surface area contributed by atoms with Gasteiger partial charge in [-0.1, -0.05) is 47.5 Å². The molecule has 0 fully saturated rings. The molecule has 6 heteroatoms. The van der Waals surface area contributed by atoms with Crippen LogP contribution >= 0.6 is 23.2 Å². The van der Waals surface area contributed by atoms with Gasteiger partial charge in [0.1, 0.15) is 5.58 Å². The summed E-state index contributed by atoms with van der Waals surface area (Å²) in [4.78, 5) is 12.3. The molecule has 0 amide bonds. The van der Waals surface area contributed by atoms with Crippen molar-refractivity contribution in [3.8, 4) is 0 Å². The number of nitrogens with zero attached hydrogens (tertiary/aromatic N) is 1. The molecule has 2 heterocycles. The zero-order valence-corrected chi connectivity index (χ0v) is 13.9. The van der Waals surface area contributed by atoms with Crippen LogP contribution in [0.15, 0.2) is 62.8 Å². The highest BCUT2D eigenvalue weighted by Gasteiger charge is 2.27. The first-order chi connectivity index (χ1) is 11.6. The van der Waals surface area contributed by atoms with E-state index in [1.807, 2.05) is 18.2 Å². The zero-order chi connectivity index (χ0) is 16.7. The van der Waals surface area contributed by atoms with Crippen LogP contribution < -0.4 is 11.1 Å². The average Bonchev–Trinajstić information content (AvgIpc) is 3.03. The Balaban J connectivity index is 1.70. The van der Waals surface area contributed by atoms with Crippen molar-refractivity contribution in [1.82, 2.24) is 5.43 Å². The maximum Gasteiger partial charge on any atom is 0.345 e. The van der Waals surface area contributed by atoms with E-state index in [-0.39, 0.29) is 6.04 Å². The van der Waals surface area contributed by atoms with E-state index in [9.17, 15) is 4.79 Å². The molecular formula is C18H12Cl2N2O2. The number of benzene rings is 2. The monoisotopic (exact) mass is 358 g/mol. The first-order valence-corrected chi connectivity index (χ1v) is 8.18. The fraction of sp³-hybridized carbons (Fsp3) is 0.111. The molecule has 1 aliphatic rings. The van der Waals surface area contributed by atoms with Gasteiger partial charge in [-0.15, -0.1) is 0 Å². The number of halogens is 2. The van der Waals surface area contributed by atoms with Gasteiger partial charge in [-0.25, -0.2) is 4.79 Å². The fourth-order valence-electron chi connectivity index (χ4n) is 2.88. The first-order valence-electron chi connectivity index (χ1n) is 7.43. The van der Waals surface area contributed by atoms with Crippen molar-refractivity contribution in [1.29, 1.82) is 0 Å². The van der Waals surface area contributed by atoms with Crippen LogP contribution in [-0.2, 0) is 0 Å². The largest absolute Gasteiger partial charge is 0.422 e. The zero-order valence-electron chi connectivity index (χ0n) is 12.4. The molecule has 0 spiro atoms. The second-order valence-electron chi connectivity index (χ2n) is 5.56. The number of rotatable bonds is 2. The minimum atomic E-state index is -0.403. The molecule has 120 valence electrons. The topological polar surface area (TPSA) is 54.6 Å². The minimum absolute atomic E-state index is 0.174. The minimum Gasteiger partial charge on any atom is -0.422 e. The molecule has 4 nitrogen and oxygen atoms in total. The maximum atomic E-state index is 12.3. The summed E-state index contributed by atoms with van der Waals surface area (Å²) >= 11 is 12.5. The van der Waals surface area contributed by atoms with Gasteiger partial charge in [0.2, 0.25) is 0 Å². The van der Waals surface area contributed by atoms with Gasteiger partial charge in [-0.2, -0.15) is 5.10 Å². The Bertz CT molecular complexity index is 1010. The molecule has 1 N–H and O–H groups in total. The molecule has 3 aromatic rings. The van der Waals surface area contributed by atoms with Crippen molar-refractivity contribution in [2.75, 3.05) is 0 Å². The Morgan fingerprint density at radius 2 is 1.83 bits per heavy atom. The summed E-state index contributed by atoms with van der Waals surface area (Å²) in [5.41, 5.74) is 5.04. The second-order valence-corrected chi connectivity index (χ2v) is 6.38. The third-order valence-corrected chi connectivity index (χ3v) is 4.71. The lowest BCUT2D eigenvalue weighted by Gasteiger charge is -2.13. The second kappa shape index (κ2) is 5.96. The molecule has 0 unspecified atom stereocenters. The van der Waals surface area contributed by atoms with Crippen molar-refractivity contribution >= 4 is 39.9 Å². The highest BCUT2D eigenvalue weighted by Crippen LogP contribution is 2.34. The fourth-order valence-corrected chi connectivity index (χ4v) is 3.54. The molecule has 4 rings (SSSR count). The summed E-state index contributed by atoms with van der Waals surface area (Å²) in [5.74, 6) is 0. The summed E-state index contributed by atoms with van der Waals surface area (Å²) in [7, 11) is 0. The number of hydrogen-bond acceptors (Lipinski definition) is 4. The Hall–Kier alpha value is -2.30. The Morgan fingerprint density at radius 1 is 1.08 bits per heavy atom. The van der Waals surface area contributed by atoms with E-state index in [4.69, 9.17) is 27.6 Å². The summed E-state index contributed by atoms with van der Waals surface area (Å²) in [5, 5.41) is 6.30. The van der Waals surface area contributed by atoms with E-state index in [1.165, 1.54) is 0 Å². The standard InChI is InChI=1S/C18H12Cl2N2O2/c19-12-5-3-6-13(20)17(12)15-9-14(21-22-15)11-8-10-4-1-2-7-16(10)24-18(11)23/h1-8,15,22H,9H2/t15-/m0/s1. The van der Waals surface area contributed by atoms with E-state index in [0.29, 0.717) is 33.3 Å². The number of nitrogens with one attached hydrogen (secondary N) is 1. The van der Waals surface area contributed by atoms with E-state index in [1.54, 1.807) is 30.3 Å². The molecule has 0 saturated heterocycles. The number of fused-ring (bicyclic) bond motifs is 1. The molecule has 24 heavy (non-hydrogen) atoms. The van der Waals surface area contributed by atoms with Crippen LogP contribution in [0.5, 0.6) is 0 Å². The number of hydrazone groups is 1. The van der Waals surface area contributed by atoms with Gasteiger partial charge in [0.05, 0.1) is 17.3 Å². The summed E-state index contributed by atoms with van der Waals surface area (Å²) in [6.07, 6.45) is 0.507. The molecule has 0 aliphatic carbocycles. The molecule has 1 atom stereocenters. The van der Waals surface area contributed by atoms with Gasteiger partial charge in [0, 0.05) is 27.4 Å². The van der Waals surface area contributed by atoms with Crippen molar-refractivity contribution in [3.05, 3.63) is 80.1 Å². The van der Waals surface area contributed by atoms with E-state index in [2.05, 4.69) is 10.5 Å². The van der Waals surface area contributed by atoms with Crippen LogP contribution in [0.25, 0.3) is 11.0 Å². The molecule has 0 radical (unpaired) electrons. The van der Waals surface area contributed by atoms with Crippen LogP contribution in [0, 0.1) is 0 Å². The summed E-state index contributed by atoms with van der Waals surface area (Å²) in [6.45, 7) is 0. The van der Waals surface area contributed by atoms with Crippen LogP contribution in [0.4, 0.5) is 0 Å². The van der Waals surface area contributed by atoms with Crippen molar-refractivity contribution < 1.29 is 4.42 Å². The SMILES string of the molecule is O=c1oc2ccccc2cc1C1=NN[C@H](c2c(Cl)cccc2Cl)C1. The van der Waals surface area contributed by atoms with E-state index >= 15 is 0 Å². The average molecular weight is 359 g/mol. The first kappa shape index (κ1) is 15.2. The lowest BCUT2D eigenvalue weighted by molar-refractivity contribution is 0.559. The van der Waals surface area contributed by atoms with E-state index < -0.39 is 5.63 Å². The molecule has 2 aromatic carbocycles. The predicted octanol–water partition coefficient (Wildman–Crippen LogP) is 4.54. The Kier molecular flexibility index (Phi) is 3.79. The molecule has 1 aromatic heterocycles. The van der Waals surface area contributed by atoms with Crippen LogP contribution in [-0.4, -0.2) is 5.71 Å². The molecular weight excluding hydrogens is 347 g/mol. The smallest absolute Gasteiger partial charge is 0.345 e. The van der Waals surface area contributed by atoms with Gasteiger partial charge in [0.25, 0.3) is 0 Å². The lowest BCUT2D eigenvalue weighted by Crippen LogP contribution is -2.14. The normalized spacial score (nSPS) is 16.9. The lowest BCUT2D eigenvalue weighted by atomic mass is 9.99. The van der Waals surface area contributed by atoms with Crippen LogP contribution in [0.2, 0.25) is 10.0 Å². The Morgan fingerprint density at radius 3 is 2.62 bits per heavy atom. The summed E-state index contributed by atoms with van der Waals surface area (Å²) in [6, 6.07) is 14.4. The van der Waals surface area contributed by atoms with Gasteiger partial charge in [0.15, 0.2) is 0 Å². The Labute approximate surface area is 147 Å². The quantitative estimate of drug-likeness (QED) is 0.684. The van der Waals surface area contributed by atoms with Gasteiger partial charge >= 0.3 is 5.63 Å². The van der Waals surface area contributed by atoms with Crippen LogP contribution in [0.3, 0.4) is 0 Å². The van der Waals surface area contributed by atoms with Gasteiger partial charge in [-0.05, 0) is 24.3 Å². The maximum absolute atomic E-state index is 12.3. The molecule has 0 bridgehead atoms. The molecule has 1 aliphatic heterocycles. The molecule has 0 saturated carbocycles.